The number of phenolic OH excluding ortho intramolecular Hbond substituents is 1. The molecule has 0 spiro atoms. The number of rotatable bonds is 3. The Kier molecular flexibility index (Phi) is 4.37. The molecule has 1 fully saturated rings. The number of thiazole rings is 1. The number of nitrogens with zero attached hydrogens (tertiary/aromatic N) is 3. The van der Waals surface area contributed by atoms with Crippen LogP contribution in [0.25, 0.3) is 10.2 Å². The first kappa shape index (κ1) is 16.4. The number of aromatic hydroxyl groups is 1. The molecule has 0 amide bonds. The first-order chi connectivity index (χ1) is 12.1. The molecule has 1 unspecified atom stereocenters. The van der Waals surface area contributed by atoms with Crippen LogP contribution in [0.15, 0.2) is 30.5 Å². The van der Waals surface area contributed by atoms with Crippen molar-refractivity contribution in [3.63, 3.8) is 0 Å². The third-order valence-electron chi connectivity index (χ3n) is 4.41. The first-order valence-corrected chi connectivity index (χ1v) is 8.97. The van der Waals surface area contributed by atoms with Crippen LogP contribution in [-0.4, -0.2) is 46.3 Å². The number of benzene rings is 1. The average Bonchev–Trinajstić information content (AvgIpc) is 3.01. The van der Waals surface area contributed by atoms with E-state index in [2.05, 4.69) is 14.9 Å². The van der Waals surface area contributed by atoms with Crippen LogP contribution in [0, 0.1) is 12.7 Å². The third-order valence-corrected chi connectivity index (χ3v) is 5.34. The Morgan fingerprint density at radius 3 is 2.76 bits per heavy atom. The summed E-state index contributed by atoms with van der Waals surface area (Å²) >= 11 is 1.55. The lowest BCUT2D eigenvalue weighted by atomic mass is 9.99. The van der Waals surface area contributed by atoms with Gasteiger partial charge in [0.05, 0.1) is 40.9 Å². The van der Waals surface area contributed by atoms with Crippen molar-refractivity contribution in [1.29, 1.82) is 0 Å². The Labute approximate surface area is 148 Å². The molecule has 5 nitrogen and oxygen atoms in total. The molecular formula is C18H18FN3O2S. The number of hydrogen-bond donors (Lipinski definition) is 1. The monoisotopic (exact) mass is 359 g/mol. The number of ether oxygens (including phenoxy) is 1. The smallest absolute Gasteiger partial charge is 0.147 e. The molecule has 0 aliphatic carbocycles. The van der Waals surface area contributed by atoms with Crippen molar-refractivity contribution in [1.82, 2.24) is 14.9 Å². The van der Waals surface area contributed by atoms with Crippen molar-refractivity contribution in [2.75, 3.05) is 26.3 Å². The minimum Gasteiger partial charge on any atom is -0.505 e. The number of aromatic nitrogens is 2. The van der Waals surface area contributed by atoms with Gasteiger partial charge >= 0.3 is 0 Å². The van der Waals surface area contributed by atoms with Crippen LogP contribution in [-0.2, 0) is 4.74 Å². The maximum absolute atomic E-state index is 13.3. The van der Waals surface area contributed by atoms with Crippen LogP contribution in [0.1, 0.15) is 22.3 Å². The minimum atomic E-state index is -0.376. The lowest BCUT2D eigenvalue weighted by molar-refractivity contribution is 0.0228. The zero-order valence-corrected chi connectivity index (χ0v) is 14.6. The van der Waals surface area contributed by atoms with E-state index in [0.29, 0.717) is 24.4 Å². The van der Waals surface area contributed by atoms with Crippen LogP contribution < -0.4 is 0 Å². The van der Waals surface area contributed by atoms with Crippen LogP contribution in [0.4, 0.5) is 4.39 Å². The summed E-state index contributed by atoms with van der Waals surface area (Å²) in [5, 5.41) is 11.8. The summed E-state index contributed by atoms with van der Waals surface area (Å²) in [7, 11) is 0. The second kappa shape index (κ2) is 6.67. The standard InChI is InChI=1S/C18H18FN3O2S/c1-11-21-16-15(25-11)5-3-13(18(16)23)17(22-6-8-24-9-7-22)14-4-2-12(19)10-20-14/h2-5,10,17,23H,6-9H2,1H3. The van der Waals surface area contributed by atoms with Gasteiger partial charge in [0.1, 0.15) is 17.1 Å². The summed E-state index contributed by atoms with van der Waals surface area (Å²) in [4.78, 5) is 10.9. The van der Waals surface area contributed by atoms with Crippen molar-refractivity contribution in [3.8, 4) is 5.75 Å². The molecule has 130 valence electrons. The van der Waals surface area contributed by atoms with E-state index in [1.54, 1.807) is 17.4 Å². The molecule has 2 aromatic heterocycles. The Bertz CT molecular complexity index is 891. The molecule has 7 heteroatoms. The maximum atomic E-state index is 13.3. The number of aryl methyl sites for hydroxylation is 1. The molecule has 0 bridgehead atoms. The molecule has 4 rings (SSSR count). The van der Waals surface area contributed by atoms with Crippen molar-refractivity contribution in [3.05, 3.63) is 52.5 Å². The summed E-state index contributed by atoms with van der Waals surface area (Å²) in [5.74, 6) is -0.205. The second-order valence-electron chi connectivity index (χ2n) is 6.04. The van der Waals surface area contributed by atoms with Crippen LogP contribution in [0.3, 0.4) is 0 Å². The lowest BCUT2D eigenvalue weighted by Gasteiger charge is -2.34. The van der Waals surface area contributed by atoms with E-state index < -0.39 is 0 Å². The Morgan fingerprint density at radius 2 is 2.04 bits per heavy atom. The van der Waals surface area contributed by atoms with E-state index in [-0.39, 0.29) is 17.6 Å². The minimum absolute atomic E-state index is 0.171. The fourth-order valence-corrected chi connectivity index (χ4v) is 4.09. The number of halogens is 1. The van der Waals surface area contributed by atoms with Gasteiger partial charge in [-0.1, -0.05) is 6.07 Å². The molecule has 0 saturated carbocycles. The van der Waals surface area contributed by atoms with Gasteiger partial charge in [-0.25, -0.2) is 9.37 Å². The molecule has 1 atom stereocenters. The van der Waals surface area contributed by atoms with Crippen LogP contribution in [0.5, 0.6) is 5.75 Å². The van der Waals surface area contributed by atoms with Gasteiger partial charge in [-0.3, -0.25) is 9.88 Å². The summed E-state index contributed by atoms with van der Waals surface area (Å²) in [5.41, 5.74) is 2.05. The van der Waals surface area contributed by atoms with Gasteiger partial charge in [0.2, 0.25) is 0 Å². The third kappa shape index (κ3) is 3.10. The zero-order valence-electron chi connectivity index (χ0n) is 13.8. The number of fused-ring (bicyclic) bond motifs is 1. The lowest BCUT2D eigenvalue weighted by Crippen LogP contribution is -2.39. The Morgan fingerprint density at radius 1 is 1.24 bits per heavy atom. The van der Waals surface area contributed by atoms with Crippen molar-refractivity contribution >= 4 is 21.6 Å². The van der Waals surface area contributed by atoms with Gasteiger partial charge in [0.25, 0.3) is 0 Å². The fraction of sp³-hybridized carbons (Fsp3) is 0.333. The molecule has 1 aliphatic heterocycles. The number of morpholine rings is 1. The van der Waals surface area contributed by atoms with Gasteiger partial charge in [-0.05, 0) is 25.1 Å². The molecule has 25 heavy (non-hydrogen) atoms. The van der Waals surface area contributed by atoms with Crippen molar-refractivity contribution < 1.29 is 14.2 Å². The van der Waals surface area contributed by atoms with Gasteiger partial charge in [-0.2, -0.15) is 0 Å². The molecule has 3 heterocycles. The SMILES string of the molecule is Cc1nc2c(O)c(C(c3ccc(F)cn3)N3CCOCC3)ccc2s1. The van der Waals surface area contributed by atoms with E-state index in [0.717, 1.165) is 28.4 Å². The second-order valence-corrected chi connectivity index (χ2v) is 7.27. The van der Waals surface area contributed by atoms with Gasteiger partial charge in [-0.15, -0.1) is 11.3 Å². The number of pyridine rings is 1. The molecule has 1 aromatic carbocycles. The number of hydrogen-bond acceptors (Lipinski definition) is 6. The van der Waals surface area contributed by atoms with E-state index >= 15 is 0 Å². The molecule has 0 radical (unpaired) electrons. The fourth-order valence-electron chi connectivity index (χ4n) is 3.25. The molecule has 1 saturated heterocycles. The molecular weight excluding hydrogens is 341 g/mol. The highest BCUT2D eigenvalue weighted by Gasteiger charge is 2.28. The van der Waals surface area contributed by atoms with E-state index in [9.17, 15) is 9.50 Å². The highest BCUT2D eigenvalue weighted by molar-refractivity contribution is 7.18. The van der Waals surface area contributed by atoms with Gasteiger partial charge in [0, 0.05) is 18.7 Å². The highest BCUT2D eigenvalue weighted by Crippen LogP contribution is 2.39. The topological polar surface area (TPSA) is 58.5 Å². The average molecular weight is 359 g/mol. The summed E-state index contributed by atoms with van der Waals surface area (Å²) in [6.45, 7) is 4.60. The summed E-state index contributed by atoms with van der Waals surface area (Å²) < 4.78 is 19.7. The van der Waals surface area contributed by atoms with E-state index in [1.165, 1.54) is 12.3 Å². The largest absolute Gasteiger partial charge is 0.505 e. The highest BCUT2D eigenvalue weighted by atomic mass is 32.1. The predicted octanol–water partition coefficient (Wildman–Crippen LogP) is 3.27. The molecule has 3 aromatic rings. The maximum Gasteiger partial charge on any atom is 0.147 e. The van der Waals surface area contributed by atoms with Crippen molar-refractivity contribution in [2.24, 2.45) is 0 Å². The molecule has 1 aliphatic rings. The van der Waals surface area contributed by atoms with Crippen molar-refractivity contribution in [2.45, 2.75) is 13.0 Å². The first-order valence-electron chi connectivity index (χ1n) is 8.16. The zero-order chi connectivity index (χ0) is 17.4. The van der Waals surface area contributed by atoms with E-state index in [1.807, 2.05) is 19.1 Å². The van der Waals surface area contributed by atoms with Crippen LogP contribution >= 0.6 is 11.3 Å². The van der Waals surface area contributed by atoms with Gasteiger partial charge < -0.3 is 9.84 Å². The predicted molar refractivity (Wildman–Crippen MR) is 94.5 cm³/mol. The summed E-state index contributed by atoms with van der Waals surface area (Å²) in [6, 6.07) is 6.70. The quantitative estimate of drug-likeness (QED) is 0.778. The summed E-state index contributed by atoms with van der Waals surface area (Å²) in [6.07, 6.45) is 1.21. The van der Waals surface area contributed by atoms with E-state index in [4.69, 9.17) is 4.74 Å². The number of phenols is 1. The Balaban J connectivity index is 1.84. The van der Waals surface area contributed by atoms with Crippen LogP contribution in [0.2, 0.25) is 0 Å². The normalized spacial score (nSPS) is 17.0. The Hall–Kier alpha value is -2.09. The molecule has 1 N–H and O–H groups in total. The van der Waals surface area contributed by atoms with Gasteiger partial charge in [0.15, 0.2) is 0 Å².